The molecule has 2 aromatic carbocycles. The van der Waals surface area contributed by atoms with Crippen LogP contribution in [0.25, 0.3) is 21.1 Å². The number of benzene rings is 2. The zero-order chi connectivity index (χ0) is 20.7. The summed E-state index contributed by atoms with van der Waals surface area (Å²) in [6.45, 7) is 2.20. The zero-order valence-corrected chi connectivity index (χ0v) is 17.6. The summed E-state index contributed by atoms with van der Waals surface area (Å²) >= 11 is 1.49. The summed E-state index contributed by atoms with van der Waals surface area (Å²) in [5.41, 5.74) is 5.89. The summed E-state index contributed by atoms with van der Waals surface area (Å²) in [6, 6.07) is 16.1. The maximum atomic E-state index is 12.6. The molecule has 152 valence electrons. The van der Waals surface area contributed by atoms with Crippen molar-refractivity contribution < 1.29 is 14.3 Å². The van der Waals surface area contributed by atoms with E-state index in [-0.39, 0.29) is 12.7 Å². The molecule has 4 aromatic rings. The number of hydrazone groups is 1. The van der Waals surface area contributed by atoms with Crippen LogP contribution in [0.1, 0.15) is 28.6 Å². The van der Waals surface area contributed by atoms with E-state index in [1.54, 1.807) is 0 Å². The van der Waals surface area contributed by atoms with Crippen molar-refractivity contribution >= 4 is 44.1 Å². The Hall–Kier alpha value is -3.32. The third-order valence-corrected chi connectivity index (χ3v) is 6.57. The van der Waals surface area contributed by atoms with Gasteiger partial charge in [-0.1, -0.05) is 24.3 Å². The molecule has 0 unspecified atom stereocenters. The first kappa shape index (κ1) is 18.7. The minimum atomic E-state index is -0.178. The zero-order valence-electron chi connectivity index (χ0n) is 16.8. The van der Waals surface area contributed by atoms with Crippen LogP contribution in [0.2, 0.25) is 0 Å². The van der Waals surface area contributed by atoms with Crippen molar-refractivity contribution in [3.63, 3.8) is 0 Å². The second-order valence-electron chi connectivity index (χ2n) is 7.38. The molecule has 1 aliphatic heterocycles. The average Bonchev–Trinajstić information content (AvgIpc) is 3.47. The lowest BCUT2D eigenvalue weighted by atomic mass is 10.1. The SMILES string of the molecule is C/C(CCc1ccc2c(c1)OCO2)=N\NC(=O)c1cc2c3ccccc3n(C)c2s1. The van der Waals surface area contributed by atoms with Crippen molar-refractivity contribution in [2.45, 2.75) is 19.8 Å². The molecule has 0 saturated carbocycles. The van der Waals surface area contributed by atoms with Gasteiger partial charge in [0.25, 0.3) is 5.91 Å². The Labute approximate surface area is 177 Å². The molecule has 30 heavy (non-hydrogen) atoms. The number of hydrogen-bond donors (Lipinski definition) is 1. The fraction of sp³-hybridized carbons (Fsp3) is 0.217. The maximum Gasteiger partial charge on any atom is 0.281 e. The Morgan fingerprint density at radius 3 is 2.87 bits per heavy atom. The quantitative estimate of drug-likeness (QED) is 0.371. The third kappa shape index (κ3) is 3.31. The molecular weight excluding hydrogens is 398 g/mol. The molecule has 1 aliphatic rings. The monoisotopic (exact) mass is 419 g/mol. The van der Waals surface area contributed by atoms with Gasteiger partial charge < -0.3 is 14.0 Å². The summed E-state index contributed by atoms with van der Waals surface area (Å²) in [5, 5.41) is 6.55. The number of hydrogen-bond acceptors (Lipinski definition) is 5. The van der Waals surface area contributed by atoms with Crippen LogP contribution in [0.5, 0.6) is 11.5 Å². The first-order valence-electron chi connectivity index (χ1n) is 9.79. The topological polar surface area (TPSA) is 64.8 Å². The Kier molecular flexibility index (Phi) is 4.67. The molecule has 0 aliphatic carbocycles. The number of aromatic nitrogens is 1. The number of nitrogens with one attached hydrogen (secondary N) is 1. The maximum absolute atomic E-state index is 12.6. The van der Waals surface area contributed by atoms with Gasteiger partial charge in [-0.3, -0.25) is 4.79 Å². The Morgan fingerprint density at radius 2 is 1.97 bits per heavy atom. The molecule has 1 N–H and O–H groups in total. The van der Waals surface area contributed by atoms with Crippen molar-refractivity contribution in [2.24, 2.45) is 12.1 Å². The van der Waals surface area contributed by atoms with E-state index in [2.05, 4.69) is 27.2 Å². The normalized spacial score (nSPS) is 13.3. The molecule has 0 fully saturated rings. The second kappa shape index (κ2) is 7.50. The number of aryl methyl sites for hydroxylation is 2. The Morgan fingerprint density at radius 1 is 1.13 bits per heavy atom. The van der Waals surface area contributed by atoms with Gasteiger partial charge in [0.15, 0.2) is 11.5 Å². The van der Waals surface area contributed by atoms with Crippen LogP contribution in [0.4, 0.5) is 0 Å². The fourth-order valence-electron chi connectivity index (χ4n) is 3.72. The van der Waals surface area contributed by atoms with Crippen LogP contribution in [0, 0.1) is 0 Å². The third-order valence-electron chi connectivity index (χ3n) is 5.36. The molecule has 5 rings (SSSR count). The predicted octanol–water partition coefficient (Wildman–Crippen LogP) is 4.86. The van der Waals surface area contributed by atoms with Crippen LogP contribution in [-0.4, -0.2) is 23.0 Å². The number of para-hydroxylation sites is 1. The number of carbonyl (C=O) groups is 1. The van der Waals surface area contributed by atoms with E-state index in [4.69, 9.17) is 9.47 Å². The van der Waals surface area contributed by atoms with E-state index in [9.17, 15) is 4.79 Å². The molecule has 1 amide bonds. The molecular formula is C23H21N3O3S. The van der Waals surface area contributed by atoms with Crippen molar-refractivity contribution in [3.8, 4) is 11.5 Å². The number of amides is 1. The Bertz CT molecular complexity index is 1300. The first-order valence-corrected chi connectivity index (χ1v) is 10.6. The summed E-state index contributed by atoms with van der Waals surface area (Å²) in [4.78, 5) is 14.4. The van der Waals surface area contributed by atoms with E-state index in [1.165, 1.54) is 16.9 Å². The summed E-state index contributed by atoms with van der Waals surface area (Å²) < 4.78 is 12.9. The molecule has 7 heteroatoms. The number of thiophene rings is 1. The van der Waals surface area contributed by atoms with E-state index >= 15 is 0 Å². The van der Waals surface area contributed by atoms with Gasteiger partial charge in [0.1, 0.15) is 4.83 Å². The van der Waals surface area contributed by atoms with Gasteiger partial charge >= 0.3 is 0 Å². The number of ether oxygens (including phenoxy) is 2. The van der Waals surface area contributed by atoms with Crippen molar-refractivity contribution in [3.05, 3.63) is 59.0 Å². The average molecular weight is 420 g/mol. The highest BCUT2D eigenvalue weighted by atomic mass is 32.1. The summed E-state index contributed by atoms with van der Waals surface area (Å²) in [7, 11) is 2.03. The van der Waals surface area contributed by atoms with E-state index in [0.717, 1.165) is 51.2 Å². The van der Waals surface area contributed by atoms with Gasteiger partial charge in [0, 0.05) is 29.0 Å². The predicted molar refractivity (Wildman–Crippen MR) is 120 cm³/mol. The molecule has 0 atom stereocenters. The minimum absolute atomic E-state index is 0.178. The first-order chi connectivity index (χ1) is 14.6. The van der Waals surface area contributed by atoms with Crippen LogP contribution >= 0.6 is 11.3 Å². The van der Waals surface area contributed by atoms with Crippen LogP contribution in [0.15, 0.2) is 53.6 Å². The standard InChI is InChI=1S/C23H21N3O3S/c1-14(7-8-15-9-10-19-20(11-15)29-13-28-19)24-25-22(27)21-12-17-16-5-3-4-6-18(16)26(2)23(17)30-21/h3-6,9-12H,7-8,13H2,1-2H3,(H,25,27)/b24-14+. The molecule has 2 aromatic heterocycles. The van der Waals surface area contributed by atoms with Crippen molar-refractivity contribution in [1.82, 2.24) is 9.99 Å². The molecule has 6 nitrogen and oxygen atoms in total. The molecule has 0 bridgehead atoms. The lowest BCUT2D eigenvalue weighted by Gasteiger charge is -2.04. The van der Waals surface area contributed by atoms with Crippen LogP contribution in [0.3, 0.4) is 0 Å². The summed E-state index contributed by atoms with van der Waals surface area (Å²) in [6.07, 6.45) is 1.56. The van der Waals surface area contributed by atoms with Crippen molar-refractivity contribution in [2.75, 3.05) is 6.79 Å². The summed E-state index contributed by atoms with van der Waals surface area (Å²) in [5.74, 6) is 1.39. The molecule has 0 spiro atoms. The molecule has 0 radical (unpaired) electrons. The number of fused-ring (bicyclic) bond motifs is 4. The smallest absolute Gasteiger partial charge is 0.281 e. The Balaban J connectivity index is 1.26. The molecule has 0 saturated heterocycles. The van der Waals surface area contributed by atoms with Gasteiger partial charge in [-0.05, 0) is 49.6 Å². The van der Waals surface area contributed by atoms with E-state index < -0.39 is 0 Å². The minimum Gasteiger partial charge on any atom is -0.454 e. The second-order valence-corrected chi connectivity index (χ2v) is 8.41. The van der Waals surface area contributed by atoms with E-state index in [0.29, 0.717) is 4.88 Å². The van der Waals surface area contributed by atoms with Gasteiger partial charge in [0.2, 0.25) is 6.79 Å². The highest BCUT2D eigenvalue weighted by Crippen LogP contribution is 2.34. The number of nitrogens with zero attached hydrogens (tertiary/aromatic N) is 2. The van der Waals surface area contributed by atoms with Crippen molar-refractivity contribution in [1.29, 1.82) is 0 Å². The number of rotatable bonds is 5. The van der Waals surface area contributed by atoms with Gasteiger partial charge in [-0.2, -0.15) is 5.10 Å². The highest BCUT2D eigenvalue weighted by molar-refractivity contribution is 7.20. The van der Waals surface area contributed by atoms with E-state index in [1.807, 2.05) is 50.4 Å². The largest absolute Gasteiger partial charge is 0.454 e. The lowest BCUT2D eigenvalue weighted by molar-refractivity contribution is 0.0959. The lowest BCUT2D eigenvalue weighted by Crippen LogP contribution is -2.18. The number of carbonyl (C=O) groups excluding carboxylic acids is 1. The van der Waals surface area contributed by atoms with Gasteiger partial charge in [-0.15, -0.1) is 11.3 Å². The highest BCUT2D eigenvalue weighted by Gasteiger charge is 2.16. The fourth-order valence-corrected chi connectivity index (χ4v) is 4.76. The van der Waals surface area contributed by atoms with Crippen LogP contribution < -0.4 is 14.9 Å². The molecule has 3 heterocycles. The van der Waals surface area contributed by atoms with Crippen LogP contribution in [-0.2, 0) is 13.5 Å². The van der Waals surface area contributed by atoms with Gasteiger partial charge in [0.05, 0.1) is 4.88 Å². The van der Waals surface area contributed by atoms with Gasteiger partial charge in [-0.25, -0.2) is 5.43 Å².